The zero-order valence-electron chi connectivity index (χ0n) is 20.9. The van der Waals surface area contributed by atoms with Crippen LogP contribution in [0.3, 0.4) is 0 Å². The lowest BCUT2D eigenvalue weighted by atomic mass is 9.73. The van der Waals surface area contributed by atoms with Crippen LogP contribution in [0.25, 0.3) is 11.1 Å². The summed E-state index contributed by atoms with van der Waals surface area (Å²) in [4.78, 5) is 14.9. The van der Waals surface area contributed by atoms with Gasteiger partial charge in [-0.2, -0.15) is 0 Å². The van der Waals surface area contributed by atoms with Gasteiger partial charge in [0.1, 0.15) is 6.61 Å². The highest BCUT2D eigenvalue weighted by atomic mass is 19.2. The van der Waals surface area contributed by atoms with E-state index in [-0.39, 0.29) is 25.4 Å². The minimum Gasteiger partial charge on any atom is -0.448 e. The summed E-state index contributed by atoms with van der Waals surface area (Å²) >= 11 is 0. The average molecular weight is 544 g/mol. The molecule has 4 nitrogen and oxygen atoms in total. The molecule has 6 rings (SSSR count). The van der Waals surface area contributed by atoms with Crippen molar-refractivity contribution in [2.45, 2.75) is 62.1 Å². The number of amides is 1. The number of piperidine rings is 2. The van der Waals surface area contributed by atoms with Gasteiger partial charge in [-0.25, -0.2) is 26.7 Å². The predicted octanol–water partition coefficient (Wildman–Crippen LogP) is 6.62. The average Bonchev–Trinajstić information content (AvgIpc) is 3.25. The van der Waals surface area contributed by atoms with Gasteiger partial charge in [0.05, 0.1) is 5.60 Å². The molecule has 3 aliphatic rings. The third-order valence-electron chi connectivity index (χ3n) is 8.45. The van der Waals surface area contributed by atoms with Crippen LogP contribution in [-0.2, 0) is 11.2 Å². The first kappa shape index (κ1) is 25.8. The topological polar surface area (TPSA) is 49.8 Å². The molecule has 3 aromatic carbocycles. The molecule has 9 heteroatoms. The van der Waals surface area contributed by atoms with Crippen LogP contribution < -0.4 is 0 Å². The standard InChI is InChI=1S/C30H26F5NO3/c31-24-22(25(32)27(34)28(35)26(24)33)14-30(38)12-16-6-5-7-17(13-30)36(16)29(37)39-15-23-20-10-3-1-8-18(20)19-9-2-4-11-21(19)23/h1-4,8-11,16-17,23,38H,5-7,12-15H2. The van der Waals surface area contributed by atoms with E-state index in [1.165, 1.54) is 0 Å². The van der Waals surface area contributed by atoms with Crippen LogP contribution in [0.5, 0.6) is 0 Å². The maximum absolute atomic E-state index is 14.4. The van der Waals surface area contributed by atoms with Crippen molar-refractivity contribution in [2.24, 2.45) is 0 Å². The van der Waals surface area contributed by atoms with E-state index >= 15 is 0 Å². The lowest BCUT2D eigenvalue weighted by Crippen LogP contribution is -2.60. The maximum atomic E-state index is 14.4. The summed E-state index contributed by atoms with van der Waals surface area (Å²) in [6, 6.07) is 15.0. The molecule has 1 N–H and O–H groups in total. The number of ether oxygens (including phenoxy) is 1. The Bertz CT molecular complexity index is 1370. The first-order chi connectivity index (χ1) is 18.7. The highest BCUT2D eigenvalue weighted by molar-refractivity contribution is 5.79. The minimum atomic E-state index is -2.23. The van der Waals surface area contributed by atoms with E-state index < -0.39 is 64.8 Å². The number of halogens is 5. The van der Waals surface area contributed by atoms with Crippen molar-refractivity contribution in [3.63, 3.8) is 0 Å². The van der Waals surface area contributed by atoms with Crippen LogP contribution in [0.15, 0.2) is 48.5 Å². The van der Waals surface area contributed by atoms with E-state index in [0.29, 0.717) is 12.8 Å². The molecular formula is C30H26F5NO3. The Labute approximate surface area is 222 Å². The van der Waals surface area contributed by atoms with Crippen molar-refractivity contribution in [3.8, 4) is 11.1 Å². The van der Waals surface area contributed by atoms with Gasteiger partial charge < -0.3 is 14.7 Å². The molecule has 1 amide bonds. The molecule has 0 saturated carbocycles. The van der Waals surface area contributed by atoms with Crippen LogP contribution in [0.4, 0.5) is 26.7 Å². The predicted molar refractivity (Wildman–Crippen MR) is 132 cm³/mol. The highest BCUT2D eigenvalue weighted by Crippen LogP contribution is 2.45. The van der Waals surface area contributed by atoms with Crippen molar-refractivity contribution in [3.05, 3.63) is 94.3 Å². The molecule has 2 heterocycles. The molecule has 2 aliphatic heterocycles. The maximum Gasteiger partial charge on any atom is 0.410 e. The van der Waals surface area contributed by atoms with Crippen LogP contribution >= 0.6 is 0 Å². The third kappa shape index (κ3) is 4.27. The van der Waals surface area contributed by atoms with Crippen molar-refractivity contribution in [1.82, 2.24) is 4.90 Å². The van der Waals surface area contributed by atoms with E-state index in [0.717, 1.165) is 28.7 Å². The summed E-state index contributed by atoms with van der Waals surface area (Å²) < 4.78 is 75.6. The molecule has 0 spiro atoms. The molecule has 2 fully saturated rings. The number of aliphatic hydroxyl groups is 1. The lowest BCUT2D eigenvalue weighted by molar-refractivity contribution is -0.0848. The van der Waals surface area contributed by atoms with E-state index in [4.69, 9.17) is 4.74 Å². The molecule has 0 aromatic heterocycles. The van der Waals surface area contributed by atoms with Gasteiger partial charge in [-0.1, -0.05) is 48.5 Å². The van der Waals surface area contributed by atoms with E-state index in [2.05, 4.69) is 0 Å². The van der Waals surface area contributed by atoms with Gasteiger partial charge in [-0.15, -0.1) is 0 Å². The quantitative estimate of drug-likeness (QED) is 0.229. The van der Waals surface area contributed by atoms with Crippen LogP contribution in [0, 0.1) is 29.1 Å². The van der Waals surface area contributed by atoms with E-state index in [1.54, 1.807) is 4.90 Å². The second-order valence-electron chi connectivity index (χ2n) is 10.8. The number of nitrogens with zero attached hydrogens (tertiary/aromatic N) is 1. The van der Waals surface area contributed by atoms with Crippen LogP contribution in [-0.4, -0.2) is 40.4 Å². The summed E-state index contributed by atoms with van der Waals surface area (Å²) in [7, 11) is 0. The molecule has 3 aromatic rings. The Balaban J connectivity index is 1.19. The Morgan fingerprint density at radius 3 is 1.85 bits per heavy atom. The van der Waals surface area contributed by atoms with Gasteiger partial charge in [0, 0.05) is 30.0 Å². The number of hydrogen-bond acceptors (Lipinski definition) is 3. The zero-order valence-corrected chi connectivity index (χ0v) is 20.9. The first-order valence-corrected chi connectivity index (χ1v) is 13.0. The summed E-state index contributed by atoms with van der Waals surface area (Å²) in [6.45, 7) is 0.123. The molecular weight excluding hydrogens is 517 g/mol. The molecule has 1 aliphatic carbocycles. The van der Waals surface area contributed by atoms with Gasteiger partial charge >= 0.3 is 6.09 Å². The molecule has 2 saturated heterocycles. The second kappa shape index (κ2) is 9.62. The van der Waals surface area contributed by atoms with Crippen LogP contribution in [0.2, 0.25) is 0 Å². The molecule has 0 radical (unpaired) electrons. The van der Waals surface area contributed by atoms with Crippen molar-refractivity contribution in [2.75, 3.05) is 6.61 Å². The number of rotatable bonds is 4. The second-order valence-corrected chi connectivity index (χ2v) is 10.8. The number of carbonyl (C=O) groups is 1. The zero-order chi connectivity index (χ0) is 27.5. The SMILES string of the molecule is O=C(OCC1c2ccccc2-c2ccccc21)N1C2CCCC1CC(O)(Cc1c(F)c(F)c(F)c(F)c1F)C2. The van der Waals surface area contributed by atoms with Gasteiger partial charge in [-0.3, -0.25) is 0 Å². The fourth-order valence-electron chi connectivity index (χ4n) is 6.77. The van der Waals surface area contributed by atoms with Gasteiger partial charge in [0.15, 0.2) is 23.3 Å². The summed E-state index contributed by atoms with van der Waals surface area (Å²) in [6.07, 6.45) is 0.427. The monoisotopic (exact) mass is 543 g/mol. The highest BCUT2D eigenvalue weighted by Gasteiger charge is 2.49. The fourth-order valence-corrected chi connectivity index (χ4v) is 6.77. The number of carbonyl (C=O) groups excluding carboxylic acids is 1. The molecule has 2 bridgehead atoms. The largest absolute Gasteiger partial charge is 0.448 e. The summed E-state index contributed by atoms with van der Waals surface area (Å²) in [5.74, 6) is -10.3. The Hall–Kier alpha value is -3.46. The minimum absolute atomic E-state index is 0.0623. The Morgan fingerprint density at radius 1 is 0.821 bits per heavy atom. The van der Waals surface area contributed by atoms with Gasteiger partial charge in [-0.05, 0) is 54.4 Å². The molecule has 204 valence electrons. The molecule has 2 unspecified atom stereocenters. The Kier molecular flexibility index (Phi) is 6.37. The normalized spacial score (nSPS) is 23.9. The summed E-state index contributed by atoms with van der Waals surface area (Å²) in [5, 5.41) is 11.3. The van der Waals surface area contributed by atoms with Crippen LogP contribution in [0.1, 0.15) is 54.7 Å². The van der Waals surface area contributed by atoms with Gasteiger partial charge in [0.2, 0.25) is 5.82 Å². The molecule has 2 atom stereocenters. The molecule has 39 heavy (non-hydrogen) atoms. The third-order valence-corrected chi connectivity index (χ3v) is 8.45. The summed E-state index contributed by atoms with van der Waals surface area (Å²) in [5.41, 5.74) is 1.56. The number of hydrogen-bond donors (Lipinski definition) is 1. The number of benzene rings is 3. The fraction of sp³-hybridized carbons (Fsp3) is 0.367. The Morgan fingerprint density at radius 2 is 1.31 bits per heavy atom. The smallest absolute Gasteiger partial charge is 0.410 e. The van der Waals surface area contributed by atoms with Crippen molar-refractivity contribution in [1.29, 1.82) is 0 Å². The first-order valence-electron chi connectivity index (χ1n) is 13.0. The van der Waals surface area contributed by atoms with Gasteiger partial charge in [0.25, 0.3) is 0 Å². The lowest BCUT2D eigenvalue weighted by Gasteiger charge is -2.51. The van der Waals surface area contributed by atoms with Crippen molar-refractivity contribution < 1.29 is 36.6 Å². The van der Waals surface area contributed by atoms with E-state index in [9.17, 15) is 31.9 Å². The number of fused-ring (bicyclic) bond motifs is 5. The van der Waals surface area contributed by atoms with E-state index in [1.807, 2.05) is 48.5 Å². The van der Waals surface area contributed by atoms with Crippen molar-refractivity contribution >= 4 is 6.09 Å².